The molecule has 0 saturated heterocycles. The van der Waals surface area contributed by atoms with E-state index in [-0.39, 0.29) is 16.7 Å². The van der Waals surface area contributed by atoms with Gasteiger partial charge >= 0.3 is 169 Å². The van der Waals surface area contributed by atoms with Gasteiger partial charge in [-0.3, -0.25) is 0 Å². The molecule has 0 fully saturated rings. The maximum absolute atomic E-state index is 11.1. The number of hydrogen-bond donors (Lipinski definition) is 3. The molecule has 3 aromatic carbocycles. The maximum atomic E-state index is 11.1. The molecule has 6 nitrogen and oxygen atoms in total. The molecule has 0 aliphatic heterocycles. The molecule has 0 aromatic heterocycles. The molecule has 0 heterocycles. The Hall–Kier alpha value is -3.05. The summed E-state index contributed by atoms with van der Waals surface area (Å²) in [6.07, 6.45) is 0. The van der Waals surface area contributed by atoms with Crippen molar-refractivity contribution in [2.24, 2.45) is 0 Å². The molecular weight excluding hydrogens is 557 g/mol. The van der Waals surface area contributed by atoms with Gasteiger partial charge in [0.15, 0.2) is 0 Å². The second-order valence-corrected chi connectivity index (χ2v) is 14.5. The summed E-state index contributed by atoms with van der Waals surface area (Å²) in [4.78, 5) is 33.4. The summed E-state index contributed by atoms with van der Waals surface area (Å²) in [6, 6.07) is 20.1. The molecule has 0 radical (unpaired) electrons. The van der Waals surface area contributed by atoms with Crippen molar-refractivity contribution < 1.29 is 29.7 Å². The number of carboxylic acid groups (broad SMARTS) is 3. The number of benzene rings is 3. The van der Waals surface area contributed by atoms with Gasteiger partial charge in [0.1, 0.15) is 0 Å². The van der Waals surface area contributed by atoms with Gasteiger partial charge in [0.05, 0.1) is 0 Å². The van der Waals surface area contributed by atoms with E-state index in [1.807, 2.05) is 0 Å². The second kappa shape index (κ2) is 8.32. The molecule has 3 N–H and O–H groups in total. The summed E-state index contributed by atoms with van der Waals surface area (Å²) in [5, 5.41) is 27.4. The molecule has 0 unspecified atom stereocenters. The van der Waals surface area contributed by atoms with Crippen LogP contribution in [0.1, 0.15) is 31.1 Å². The van der Waals surface area contributed by atoms with E-state index in [0.29, 0.717) is 0 Å². The van der Waals surface area contributed by atoms with Gasteiger partial charge in [-0.2, -0.15) is 0 Å². The average molecular weight is 572 g/mol. The molecule has 140 valence electrons. The normalized spacial score (nSPS) is 10.6. The third-order valence-electron chi connectivity index (χ3n) is 4.12. The first-order chi connectivity index (χ1) is 13.4. The number of rotatable bonds is 6. The van der Waals surface area contributed by atoms with Crippen LogP contribution in [0.4, 0.5) is 0 Å². The minimum atomic E-state index is -2.85. The van der Waals surface area contributed by atoms with Gasteiger partial charge in [-0.15, -0.1) is 0 Å². The fourth-order valence-electron chi connectivity index (χ4n) is 2.71. The van der Waals surface area contributed by atoms with E-state index in [1.54, 1.807) is 72.8 Å². The van der Waals surface area contributed by atoms with Gasteiger partial charge in [0.2, 0.25) is 0 Å². The molecule has 0 saturated carbocycles. The summed E-state index contributed by atoms with van der Waals surface area (Å²) < 4.78 is 3.02. The Morgan fingerprint density at radius 3 is 0.857 bits per heavy atom. The van der Waals surface area contributed by atoms with Crippen LogP contribution in [-0.2, 0) is 0 Å². The van der Waals surface area contributed by atoms with Gasteiger partial charge in [0.25, 0.3) is 0 Å². The zero-order valence-corrected chi connectivity index (χ0v) is 17.9. The summed E-state index contributed by atoms with van der Waals surface area (Å²) in [5.41, 5.74) is 0.570. The first kappa shape index (κ1) is 19.7. The molecule has 28 heavy (non-hydrogen) atoms. The van der Waals surface area contributed by atoms with Crippen molar-refractivity contribution in [1.82, 2.24) is 0 Å². The van der Waals surface area contributed by atoms with Crippen LogP contribution < -0.4 is 9.81 Å². The van der Waals surface area contributed by atoms with E-state index >= 15 is 0 Å². The van der Waals surface area contributed by atoms with Gasteiger partial charge < -0.3 is 0 Å². The summed E-state index contributed by atoms with van der Waals surface area (Å²) in [5.74, 6) is -3.02. The molecule has 0 aliphatic carbocycles. The van der Waals surface area contributed by atoms with Gasteiger partial charge in [-0.25, -0.2) is 0 Å². The Balaban J connectivity index is 2.08. The van der Waals surface area contributed by atoms with Crippen LogP contribution in [0.2, 0.25) is 0 Å². The fraction of sp³-hybridized carbons (Fsp3) is 0. The Kier molecular flexibility index (Phi) is 5.85. The van der Waals surface area contributed by atoms with Crippen molar-refractivity contribution >= 4 is 49.5 Å². The van der Waals surface area contributed by atoms with Crippen molar-refractivity contribution in [2.45, 2.75) is 0 Å². The Labute approximate surface area is 168 Å². The Bertz CT molecular complexity index is 887. The molecule has 3 rings (SSSR count). The van der Waals surface area contributed by atoms with Crippen LogP contribution >= 0.6 is 0 Å². The standard InChI is InChI=1S/3C7H5O2.Bi/c3*8-7(9)6-4-2-1-3-5-6;/h3*2-5H,(H,8,9);. The number of carbonyl (C=O) groups is 3. The van der Waals surface area contributed by atoms with Crippen molar-refractivity contribution in [3.8, 4) is 0 Å². The van der Waals surface area contributed by atoms with E-state index in [4.69, 9.17) is 15.3 Å². The van der Waals surface area contributed by atoms with Crippen LogP contribution in [0.5, 0.6) is 0 Å². The number of aromatic carboxylic acids is 3. The molecule has 0 amide bonds. The Morgan fingerprint density at radius 1 is 0.464 bits per heavy atom. The number of hydrogen-bond acceptors (Lipinski definition) is 3. The molecule has 7 heteroatoms. The zero-order valence-electron chi connectivity index (χ0n) is 14.4. The second-order valence-electron chi connectivity index (χ2n) is 5.89. The minimum absolute atomic E-state index is 0.190. The van der Waals surface area contributed by atoms with Crippen LogP contribution in [0.25, 0.3) is 0 Å². The third-order valence-corrected chi connectivity index (χ3v) is 13.6. The quantitative estimate of drug-likeness (QED) is 0.385. The van der Waals surface area contributed by atoms with Crippen molar-refractivity contribution in [2.75, 3.05) is 0 Å². The third kappa shape index (κ3) is 4.26. The van der Waals surface area contributed by atoms with E-state index in [2.05, 4.69) is 0 Å². The summed E-state index contributed by atoms with van der Waals surface area (Å²) in [7, 11) is 0. The predicted molar refractivity (Wildman–Crippen MR) is 105 cm³/mol. The van der Waals surface area contributed by atoms with E-state index in [1.165, 1.54) is 0 Å². The van der Waals surface area contributed by atoms with Gasteiger partial charge in [0, 0.05) is 0 Å². The SMILES string of the molecule is O=C(O)c1cc[c]([Bi]([c]2ccc(C(=O)O)cc2)[c]2ccc(C(=O)O)cc2)cc1. The van der Waals surface area contributed by atoms with Crippen molar-refractivity contribution in [1.29, 1.82) is 0 Å². The molecule has 0 aliphatic rings. The summed E-state index contributed by atoms with van der Waals surface area (Å²) in [6.45, 7) is 0. The monoisotopic (exact) mass is 572 g/mol. The van der Waals surface area contributed by atoms with E-state index in [9.17, 15) is 14.4 Å². The molecule has 0 spiro atoms. The number of carboxylic acids is 3. The van der Waals surface area contributed by atoms with Crippen molar-refractivity contribution in [3.05, 3.63) is 89.5 Å². The van der Waals surface area contributed by atoms with Crippen LogP contribution in [0.15, 0.2) is 72.8 Å². The molecule has 3 aromatic rings. The van der Waals surface area contributed by atoms with Crippen LogP contribution in [0, 0.1) is 0 Å². The van der Waals surface area contributed by atoms with Crippen molar-refractivity contribution in [3.63, 3.8) is 0 Å². The molecule has 0 bridgehead atoms. The molecular formula is C21H15BiO6. The first-order valence-electron chi connectivity index (χ1n) is 8.17. The first-order valence-corrected chi connectivity index (χ1v) is 13.4. The Morgan fingerprint density at radius 2 is 0.679 bits per heavy atom. The van der Waals surface area contributed by atoms with Gasteiger partial charge in [-0.1, -0.05) is 0 Å². The summed E-state index contributed by atoms with van der Waals surface area (Å²) >= 11 is -2.85. The van der Waals surface area contributed by atoms with Crippen LogP contribution in [0.3, 0.4) is 0 Å². The van der Waals surface area contributed by atoms with Crippen LogP contribution in [-0.4, -0.2) is 55.0 Å². The zero-order chi connectivity index (χ0) is 20.3. The van der Waals surface area contributed by atoms with E-state index < -0.39 is 39.7 Å². The molecule has 0 atom stereocenters. The van der Waals surface area contributed by atoms with Gasteiger partial charge in [-0.05, 0) is 0 Å². The fourth-order valence-corrected chi connectivity index (χ4v) is 11.4. The van der Waals surface area contributed by atoms with E-state index in [0.717, 1.165) is 9.81 Å². The topological polar surface area (TPSA) is 112 Å². The average Bonchev–Trinajstić information content (AvgIpc) is 2.69. The predicted octanol–water partition coefficient (Wildman–Crippen LogP) is 1.30.